The summed E-state index contributed by atoms with van der Waals surface area (Å²) in [4.78, 5) is 10.6. The molecule has 2 unspecified atom stereocenters. The monoisotopic (exact) mass is 200 g/mol. The van der Waals surface area contributed by atoms with Crippen LogP contribution in [0.5, 0.6) is 0 Å². The molecule has 0 aromatic rings. The molecule has 0 aromatic heterocycles. The fourth-order valence-corrected chi connectivity index (χ4v) is 1.19. The molecule has 5 nitrogen and oxygen atoms in total. The van der Waals surface area contributed by atoms with Gasteiger partial charge in [-0.3, -0.25) is 4.79 Å². The van der Waals surface area contributed by atoms with Crippen molar-refractivity contribution in [3.05, 3.63) is 24.0 Å². The molecule has 0 amide bonds. The molecule has 1 aliphatic carbocycles. The first kappa shape index (κ1) is 10.7. The van der Waals surface area contributed by atoms with Crippen molar-refractivity contribution < 1.29 is 24.5 Å². The van der Waals surface area contributed by atoms with Crippen molar-refractivity contribution in [2.45, 2.75) is 5.79 Å². The van der Waals surface area contributed by atoms with Crippen molar-refractivity contribution in [1.29, 1.82) is 0 Å². The third kappa shape index (κ3) is 1.78. The molecule has 0 saturated heterocycles. The molecular formula is C9H12O5. The third-order valence-electron chi connectivity index (χ3n) is 2.03. The highest BCUT2D eigenvalue weighted by Crippen LogP contribution is 2.27. The van der Waals surface area contributed by atoms with Crippen LogP contribution in [0.25, 0.3) is 0 Å². The Bertz CT molecular complexity index is 294. The number of aliphatic carboxylic acids is 1. The van der Waals surface area contributed by atoms with E-state index in [-0.39, 0.29) is 5.76 Å². The summed E-state index contributed by atoms with van der Waals surface area (Å²) in [5.41, 5.74) is 0. The maximum absolute atomic E-state index is 10.6. The lowest BCUT2D eigenvalue weighted by molar-refractivity contribution is -0.147. The minimum Gasteiger partial charge on any atom is -0.495 e. The Morgan fingerprint density at radius 2 is 2.21 bits per heavy atom. The number of carbonyl (C=O) groups is 1. The fraction of sp³-hybridized carbons (Fsp3) is 0.444. The van der Waals surface area contributed by atoms with Gasteiger partial charge < -0.3 is 19.7 Å². The van der Waals surface area contributed by atoms with E-state index in [0.717, 1.165) is 0 Å². The number of rotatable bonds is 3. The predicted octanol–water partition coefficient (Wildman–Crippen LogP) is 0.122. The van der Waals surface area contributed by atoms with Crippen LogP contribution in [0.3, 0.4) is 0 Å². The summed E-state index contributed by atoms with van der Waals surface area (Å²) in [6.45, 7) is 0. The Labute approximate surface area is 81.3 Å². The Morgan fingerprint density at radius 1 is 1.57 bits per heavy atom. The number of hydrogen-bond donors (Lipinski definition) is 2. The SMILES string of the molecule is COC1=CC(C(=O)O)C=CC1(O)OC. The number of hydrogen-bond acceptors (Lipinski definition) is 4. The van der Waals surface area contributed by atoms with Gasteiger partial charge in [-0.2, -0.15) is 0 Å². The molecule has 5 heteroatoms. The number of methoxy groups -OCH3 is 2. The molecule has 1 aliphatic rings. The van der Waals surface area contributed by atoms with E-state index >= 15 is 0 Å². The van der Waals surface area contributed by atoms with Crippen LogP contribution in [0, 0.1) is 5.92 Å². The highest BCUT2D eigenvalue weighted by molar-refractivity contribution is 5.75. The molecule has 0 spiro atoms. The van der Waals surface area contributed by atoms with Gasteiger partial charge in [0.2, 0.25) is 5.79 Å². The highest BCUT2D eigenvalue weighted by atomic mass is 16.6. The molecule has 0 radical (unpaired) electrons. The van der Waals surface area contributed by atoms with Gasteiger partial charge in [0.15, 0.2) is 5.76 Å². The van der Waals surface area contributed by atoms with Crippen molar-refractivity contribution >= 4 is 5.97 Å². The van der Waals surface area contributed by atoms with E-state index in [1.165, 1.54) is 32.4 Å². The largest absolute Gasteiger partial charge is 0.495 e. The van der Waals surface area contributed by atoms with Crippen LogP contribution in [0.1, 0.15) is 0 Å². The van der Waals surface area contributed by atoms with Crippen LogP contribution in [0.4, 0.5) is 0 Å². The average Bonchev–Trinajstić information content (AvgIpc) is 2.18. The summed E-state index contributed by atoms with van der Waals surface area (Å²) >= 11 is 0. The van der Waals surface area contributed by atoms with Crippen LogP contribution in [-0.2, 0) is 14.3 Å². The molecule has 2 N–H and O–H groups in total. The van der Waals surface area contributed by atoms with E-state index in [9.17, 15) is 9.90 Å². The van der Waals surface area contributed by atoms with Gasteiger partial charge in [-0.15, -0.1) is 0 Å². The molecule has 78 valence electrons. The van der Waals surface area contributed by atoms with Crippen molar-refractivity contribution in [2.24, 2.45) is 5.92 Å². The Hall–Kier alpha value is -1.33. The molecule has 1 rings (SSSR count). The Morgan fingerprint density at radius 3 is 2.64 bits per heavy atom. The maximum Gasteiger partial charge on any atom is 0.314 e. The van der Waals surface area contributed by atoms with Crippen molar-refractivity contribution in [1.82, 2.24) is 0 Å². The normalized spacial score (nSPS) is 31.1. The molecule has 0 fully saturated rings. The van der Waals surface area contributed by atoms with Gasteiger partial charge in [-0.25, -0.2) is 0 Å². The van der Waals surface area contributed by atoms with Gasteiger partial charge in [-0.1, -0.05) is 6.08 Å². The van der Waals surface area contributed by atoms with Crippen LogP contribution >= 0.6 is 0 Å². The summed E-state index contributed by atoms with van der Waals surface area (Å²) in [7, 11) is 2.65. The summed E-state index contributed by atoms with van der Waals surface area (Å²) in [6.07, 6.45) is 3.89. The van der Waals surface area contributed by atoms with Gasteiger partial charge >= 0.3 is 5.97 Å². The van der Waals surface area contributed by atoms with E-state index in [1.54, 1.807) is 0 Å². The second-order valence-electron chi connectivity index (χ2n) is 2.86. The lowest BCUT2D eigenvalue weighted by Gasteiger charge is -2.28. The van der Waals surface area contributed by atoms with E-state index in [1.807, 2.05) is 0 Å². The lowest BCUT2D eigenvalue weighted by Crippen LogP contribution is -2.35. The second kappa shape index (κ2) is 3.81. The van der Waals surface area contributed by atoms with Gasteiger partial charge in [0, 0.05) is 7.11 Å². The number of aliphatic hydroxyl groups is 1. The zero-order chi connectivity index (χ0) is 10.8. The zero-order valence-corrected chi connectivity index (χ0v) is 7.93. The molecule has 0 heterocycles. The minimum absolute atomic E-state index is 0.0786. The Balaban J connectivity index is 2.97. The van der Waals surface area contributed by atoms with Gasteiger partial charge in [-0.05, 0) is 12.2 Å². The fourth-order valence-electron chi connectivity index (χ4n) is 1.19. The molecule has 0 aromatic carbocycles. The van der Waals surface area contributed by atoms with E-state index < -0.39 is 17.7 Å². The number of ether oxygens (including phenoxy) is 2. The topological polar surface area (TPSA) is 76.0 Å². The van der Waals surface area contributed by atoms with Gasteiger partial charge in [0.1, 0.15) is 0 Å². The van der Waals surface area contributed by atoms with Crippen LogP contribution in [0.15, 0.2) is 24.0 Å². The van der Waals surface area contributed by atoms with Gasteiger partial charge in [0.05, 0.1) is 13.0 Å². The second-order valence-corrected chi connectivity index (χ2v) is 2.86. The number of carboxylic acid groups (broad SMARTS) is 1. The first-order valence-electron chi connectivity index (χ1n) is 3.99. The lowest BCUT2D eigenvalue weighted by atomic mass is 9.98. The summed E-state index contributed by atoms with van der Waals surface area (Å²) < 4.78 is 9.64. The van der Waals surface area contributed by atoms with Crippen LogP contribution in [-0.4, -0.2) is 36.2 Å². The van der Waals surface area contributed by atoms with Crippen LogP contribution in [0.2, 0.25) is 0 Å². The summed E-state index contributed by atoms with van der Waals surface area (Å²) in [5, 5.41) is 18.5. The summed E-state index contributed by atoms with van der Waals surface area (Å²) in [5.74, 6) is -3.37. The molecule has 0 bridgehead atoms. The quantitative estimate of drug-likeness (QED) is 0.500. The molecular weight excluding hydrogens is 188 g/mol. The van der Waals surface area contributed by atoms with Crippen molar-refractivity contribution in [3.8, 4) is 0 Å². The molecule has 0 aliphatic heterocycles. The molecule has 14 heavy (non-hydrogen) atoms. The van der Waals surface area contributed by atoms with Crippen molar-refractivity contribution in [3.63, 3.8) is 0 Å². The smallest absolute Gasteiger partial charge is 0.314 e. The predicted molar refractivity (Wildman–Crippen MR) is 47.3 cm³/mol. The minimum atomic E-state index is -1.65. The first-order valence-corrected chi connectivity index (χ1v) is 3.99. The molecule has 0 saturated carbocycles. The van der Waals surface area contributed by atoms with Crippen LogP contribution < -0.4 is 0 Å². The van der Waals surface area contributed by atoms with Crippen molar-refractivity contribution in [2.75, 3.05) is 14.2 Å². The number of carboxylic acids is 1. The summed E-state index contributed by atoms with van der Waals surface area (Å²) in [6, 6.07) is 0. The first-order chi connectivity index (χ1) is 6.53. The highest BCUT2D eigenvalue weighted by Gasteiger charge is 2.35. The average molecular weight is 200 g/mol. The maximum atomic E-state index is 10.6. The van der Waals surface area contributed by atoms with E-state index in [4.69, 9.17) is 14.6 Å². The zero-order valence-electron chi connectivity index (χ0n) is 7.93. The Kier molecular flexibility index (Phi) is 2.93. The van der Waals surface area contributed by atoms with Gasteiger partial charge in [0.25, 0.3) is 0 Å². The molecule has 2 atom stereocenters. The van der Waals surface area contributed by atoms with E-state index in [0.29, 0.717) is 0 Å². The van der Waals surface area contributed by atoms with E-state index in [2.05, 4.69) is 0 Å². The third-order valence-corrected chi connectivity index (χ3v) is 2.03. The standard InChI is InChI=1S/C9H12O5/c1-13-7-5-6(8(10)11)3-4-9(7,12)14-2/h3-6,12H,1-2H3,(H,10,11).